The number of nitrogens with one attached hydrogen (secondary N) is 3. The van der Waals surface area contributed by atoms with Crippen molar-refractivity contribution in [2.75, 3.05) is 35.7 Å². The van der Waals surface area contributed by atoms with Crippen LogP contribution in [0.25, 0.3) is 0 Å². The second-order valence-electron chi connectivity index (χ2n) is 7.01. The van der Waals surface area contributed by atoms with E-state index in [4.69, 9.17) is 10.5 Å². The summed E-state index contributed by atoms with van der Waals surface area (Å²) in [5, 5.41) is 8.68. The van der Waals surface area contributed by atoms with Gasteiger partial charge in [-0.2, -0.15) is 4.98 Å². The topological polar surface area (TPSA) is 125 Å². The zero-order valence-electron chi connectivity index (χ0n) is 16.5. The number of amides is 2. The highest BCUT2D eigenvalue weighted by atomic mass is 16.1. The van der Waals surface area contributed by atoms with Crippen LogP contribution in [0.5, 0.6) is 0 Å². The van der Waals surface area contributed by atoms with Crippen LogP contribution in [0.1, 0.15) is 36.0 Å². The highest BCUT2D eigenvalue weighted by Crippen LogP contribution is 2.27. The number of primary amides is 1. The summed E-state index contributed by atoms with van der Waals surface area (Å²) >= 11 is 0. The molecule has 9 heteroatoms. The summed E-state index contributed by atoms with van der Waals surface area (Å²) in [6.07, 6.45) is 6.79. The molecule has 0 bridgehead atoms. The Hall–Kier alpha value is -3.36. The molecule has 2 aromatic rings. The van der Waals surface area contributed by atoms with E-state index in [2.05, 4.69) is 43.0 Å². The molecule has 0 radical (unpaired) electrons. The van der Waals surface area contributed by atoms with E-state index in [0.717, 1.165) is 31.6 Å². The van der Waals surface area contributed by atoms with Crippen LogP contribution in [0.15, 0.2) is 30.5 Å². The predicted molar refractivity (Wildman–Crippen MR) is 113 cm³/mol. The number of nitrogens with zero attached hydrogens (tertiary/aromatic N) is 3. The standard InChI is InChI=1S/C18H22N6O.C2H5NO/c19-16(25)15-11-20-18(23-17(15)21-12-3-4-12)22-13-5-7-14(8-6-13)24-9-1-2-10-24;1-3-2-4/h5-8,11-12H,1-4,9-10H2,(H2,19,25)(H2,20,21,22,23);2H,1H3,(H,3,4). The maximum atomic E-state index is 11.5. The van der Waals surface area contributed by atoms with Gasteiger partial charge in [-0.05, 0) is 49.9 Å². The Bertz CT molecular complexity index is 831. The normalized spacial score (nSPS) is 15.1. The summed E-state index contributed by atoms with van der Waals surface area (Å²) in [5.74, 6) is 0.424. The Balaban J connectivity index is 0.000000552. The molecule has 2 aliphatic rings. The number of carbonyl (C=O) groups is 2. The zero-order chi connectivity index (χ0) is 20.6. The van der Waals surface area contributed by atoms with Crippen LogP contribution in [0.4, 0.5) is 23.1 Å². The lowest BCUT2D eigenvalue weighted by atomic mass is 10.2. The second-order valence-corrected chi connectivity index (χ2v) is 7.01. The lowest BCUT2D eigenvalue weighted by Crippen LogP contribution is -2.18. The van der Waals surface area contributed by atoms with Crippen LogP contribution >= 0.6 is 0 Å². The summed E-state index contributed by atoms with van der Waals surface area (Å²) in [6, 6.07) is 8.63. The molecule has 9 nitrogen and oxygen atoms in total. The van der Waals surface area contributed by atoms with Crippen LogP contribution in [0.3, 0.4) is 0 Å². The van der Waals surface area contributed by atoms with Crippen LogP contribution < -0.4 is 26.6 Å². The van der Waals surface area contributed by atoms with Gasteiger partial charge in [0.2, 0.25) is 12.4 Å². The first-order chi connectivity index (χ1) is 14.1. The Labute approximate surface area is 170 Å². The molecule has 1 saturated carbocycles. The molecule has 2 amide bonds. The van der Waals surface area contributed by atoms with Crippen molar-refractivity contribution in [3.8, 4) is 0 Å². The number of carbonyl (C=O) groups excluding carboxylic acids is 2. The first kappa shape index (κ1) is 20.4. The SMILES string of the molecule is CNC=O.NC(=O)c1cnc(Nc2ccc(N3CCCC3)cc2)nc1NC1CC1. The quantitative estimate of drug-likeness (QED) is 0.525. The van der Waals surface area contributed by atoms with E-state index in [9.17, 15) is 4.79 Å². The minimum Gasteiger partial charge on any atom is -0.372 e. The Morgan fingerprint density at radius 3 is 2.41 bits per heavy atom. The van der Waals surface area contributed by atoms with Crippen molar-refractivity contribution in [2.24, 2.45) is 5.73 Å². The summed E-state index contributed by atoms with van der Waals surface area (Å²) in [6.45, 7) is 2.25. The first-order valence-corrected chi connectivity index (χ1v) is 9.77. The van der Waals surface area contributed by atoms with Crippen molar-refractivity contribution >= 4 is 35.5 Å². The fraction of sp³-hybridized carbons (Fsp3) is 0.400. The highest BCUT2D eigenvalue weighted by molar-refractivity contribution is 5.97. The van der Waals surface area contributed by atoms with Crippen LogP contribution in [-0.2, 0) is 4.79 Å². The molecule has 1 aliphatic heterocycles. The molecule has 4 rings (SSSR count). The van der Waals surface area contributed by atoms with Gasteiger partial charge in [0.15, 0.2) is 0 Å². The van der Waals surface area contributed by atoms with E-state index >= 15 is 0 Å². The van der Waals surface area contributed by atoms with Crippen LogP contribution in [-0.4, -0.2) is 48.5 Å². The first-order valence-electron chi connectivity index (χ1n) is 9.77. The van der Waals surface area contributed by atoms with Crippen LogP contribution in [0, 0.1) is 0 Å². The van der Waals surface area contributed by atoms with Crippen LogP contribution in [0.2, 0.25) is 0 Å². The van der Waals surface area contributed by atoms with Crippen molar-refractivity contribution < 1.29 is 9.59 Å². The minimum absolute atomic E-state index is 0.321. The van der Waals surface area contributed by atoms with Gasteiger partial charge in [-0.15, -0.1) is 0 Å². The number of aromatic nitrogens is 2. The molecule has 1 aromatic heterocycles. The van der Waals surface area contributed by atoms with E-state index in [-0.39, 0.29) is 0 Å². The molecule has 1 aromatic carbocycles. The van der Waals surface area contributed by atoms with E-state index in [0.29, 0.717) is 29.8 Å². The number of benzene rings is 1. The molecular formula is C20H27N7O2. The Kier molecular flexibility index (Phi) is 6.83. The smallest absolute Gasteiger partial charge is 0.254 e. The van der Waals surface area contributed by atoms with Gasteiger partial charge in [-0.3, -0.25) is 9.59 Å². The van der Waals surface area contributed by atoms with Gasteiger partial charge >= 0.3 is 0 Å². The Morgan fingerprint density at radius 1 is 1.21 bits per heavy atom. The van der Waals surface area contributed by atoms with Gasteiger partial charge in [0, 0.05) is 43.8 Å². The van der Waals surface area contributed by atoms with E-state index in [1.807, 2.05) is 12.1 Å². The van der Waals surface area contributed by atoms with E-state index in [1.165, 1.54) is 24.7 Å². The van der Waals surface area contributed by atoms with Gasteiger partial charge in [0.25, 0.3) is 5.91 Å². The van der Waals surface area contributed by atoms with E-state index < -0.39 is 5.91 Å². The summed E-state index contributed by atoms with van der Waals surface area (Å²) in [4.78, 5) is 31.6. The largest absolute Gasteiger partial charge is 0.372 e. The average Bonchev–Trinajstić information content (AvgIpc) is 3.37. The van der Waals surface area contributed by atoms with E-state index in [1.54, 1.807) is 7.05 Å². The third kappa shape index (κ3) is 5.81. The molecule has 154 valence electrons. The van der Waals surface area contributed by atoms with Crippen molar-refractivity contribution in [1.82, 2.24) is 15.3 Å². The third-order valence-corrected chi connectivity index (χ3v) is 4.68. The Morgan fingerprint density at radius 2 is 1.86 bits per heavy atom. The fourth-order valence-electron chi connectivity index (χ4n) is 3.01. The second kappa shape index (κ2) is 9.72. The zero-order valence-corrected chi connectivity index (χ0v) is 16.5. The number of hydrogen-bond acceptors (Lipinski definition) is 7. The maximum Gasteiger partial charge on any atom is 0.254 e. The third-order valence-electron chi connectivity index (χ3n) is 4.68. The van der Waals surface area contributed by atoms with Crippen molar-refractivity contribution in [1.29, 1.82) is 0 Å². The molecule has 2 fully saturated rings. The summed E-state index contributed by atoms with van der Waals surface area (Å²) in [7, 11) is 1.56. The predicted octanol–water partition coefficient (Wildman–Crippen LogP) is 1.86. The molecule has 0 unspecified atom stereocenters. The number of nitrogens with two attached hydrogens (primary N) is 1. The number of anilines is 4. The number of hydrogen-bond donors (Lipinski definition) is 4. The van der Waals surface area contributed by atoms with Crippen molar-refractivity contribution in [3.63, 3.8) is 0 Å². The summed E-state index contributed by atoms with van der Waals surface area (Å²) < 4.78 is 0. The molecule has 0 spiro atoms. The maximum absolute atomic E-state index is 11.5. The lowest BCUT2D eigenvalue weighted by Gasteiger charge is -2.18. The minimum atomic E-state index is -0.523. The molecular weight excluding hydrogens is 370 g/mol. The molecule has 0 atom stereocenters. The molecule has 5 N–H and O–H groups in total. The fourth-order valence-corrected chi connectivity index (χ4v) is 3.01. The van der Waals surface area contributed by atoms with Crippen molar-refractivity contribution in [3.05, 3.63) is 36.0 Å². The van der Waals surface area contributed by atoms with Gasteiger partial charge in [-0.1, -0.05) is 0 Å². The van der Waals surface area contributed by atoms with Gasteiger partial charge in [-0.25, -0.2) is 4.98 Å². The van der Waals surface area contributed by atoms with Gasteiger partial charge < -0.3 is 26.6 Å². The van der Waals surface area contributed by atoms with Crippen molar-refractivity contribution in [2.45, 2.75) is 31.7 Å². The highest BCUT2D eigenvalue weighted by Gasteiger charge is 2.24. The molecule has 1 aliphatic carbocycles. The number of rotatable bonds is 7. The van der Waals surface area contributed by atoms with Gasteiger partial charge in [0.05, 0.1) is 5.56 Å². The molecule has 29 heavy (non-hydrogen) atoms. The summed E-state index contributed by atoms with van der Waals surface area (Å²) in [5.41, 5.74) is 7.88. The monoisotopic (exact) mass is 397 g/mol. The molecule has 2 heterocycles. The van der Waals surface area contributed by atoms with Gasteiger partial charge in [0.1, 0.15) is 5.82 Å². The average molecular weight is 397 g/mol. The lowest BCUT2D eigenvalue weighted by molar-refractivity contribution is -0.109. The molecule has 1 saturated heterocycles.